The highest BCUT2D eigenvalue weighted by Crippen LogP contribution is 2.44. The van der Waals surface area contributed by atoms with Crippen molar-refractivity contribution < 1.29 is 9.53 Å². The van der Waals surface area contributed by atoms with Gasteiger partial charge in [-0.3, -0.25) is 4.79 Å². The van der Waals surface area contributed by atoms with Gasteiger partial charge in [-0.2, -0.15) is 0 Å². The number of methoxy groups -OCH3 is 1. The van der Waals surface area contributed by atoms with Crippen LogP contribution in [0.5, 0.6) is 5.75 Å². The molecule has 1 aliphatic carbocycles. The lowest BCUT2D eigenvalue weighted by Gasteiger charge is -2.53. The maximum absolute atomic E-state index is 12.7. The van der Waals surface area contributed by atoms with E-state index in [1.807, 2.05) is 24.3 Å². The van der Waals surface area contributed by atoms with E-state index in [0.29, 0.717) is 23.8 Å². The van der Waals surface area contributed by atoms with Crippen molar-refractivity contribution in [3.63, 3.8) is 0 Å². The van der Waals surface area contributed by atoms with Gasteiger partial charge in [-0.25, -0.2) is 0 Å². The molecule has 2 aliphatic rings. The third kappa shape index (κ3) is 2.62. The fourth-order valence-electron chi connectivity index (χ4n) is 4.23. The van der Waals surface area contributed by atoms with Gasteiger partial charge in [0.15, 0.2) is 0 Å². The van der Waals surface area contributed by atoms with Crippen molar-refractivity contribution in [2.45, 2.75) is 52.0 Å². The first-order valence-electron chi connectivity index (χ1n) is 8.60. The van der Waals surface area contributed by atoms with Crippen molar-refractivity contribution in [2.24, 2.45) is 17.8 Å². The number of ether oxygens (including phenoxy) is 1. The molecule has 1 aliphatic heterocycles. The van der Waals surface area contributed by atoms with Crippen LogP contribution in [0.25, 0.3) is 0 Å². The molecule has 2 fully saturated rings. The molecule has 2 atom stereocenters. The van der Waals surface area contributed by atoms with Crippen LogP contribution in [0.15, 0.2) is 24.3 Å². The number of hydrogen-bond donors (Lipinski definition) is 0. The minimum atomic E-state index is 0.199. The molecule has 0 N–H and O–H groups in total. The number of amides is 1. The molecule has 0 radical (unpaired) electrons. The molecular formula is C19H27NO2. The van der Waals surface area contributed by atoms with Gasteiger partial charge in [0.2, 0.25) is 5.91 Å². The first-order valence-corrected chi connectivity index (χ1v) is 8.60. The highest BCUT2D eigenvalue weighted by Gasteiger charge is 2.52. The molecule has 1 heterocycles. The van der Waals surface area contributed by atoms with Gasteiger partial charge in [0.05, 0.1) is 19.1 Å². The lowest BCUT2D eigenvalue weighted by Crippen LogP contribution is -2.66. The zero-order valence-electron chi connectivity index (χ0n) is 13.9. The van der Waals surface area contributed by atoms with Crippen molar-refractivity contribution in [1.82, 2.24) is 0 Å². The second-order valence-electron chi connectivity index (χ2n) is 7.06. The number of rotatable bonds is 4. The number of carbonyl (C=O) groups is 1. The van der Waals surface area contributed by atoms with Crippen molar-refractivity contribution >= 4 is 11.6 Å². The molecule has 22 heavy (non-hydrogen) atoms. The first kappa shape index (κ1) is 15.4. The summed E-state index contributed by atoms with van der Waals surface area (Å²) in [6, 6.07) is 8.32. The molecule has 1 saturated carbocycles. The maximum Gasteiger partial charge on any atom is 0.232 e. The van der Waals surface area contributed by atoms with Crippen molar-refractivity contribution in [3.05, 3.63) is 24.3 Å². The zero-order valence-corrected chi connectivity index (χ0v) is 13.9. The fraction of sp³-hybridized carbons (Fsp3) is 0.632. The Morgan fingerprint density at radius 3 is 2.27 bits per heavy atom. The van der Waals surface area contributed by atoms with Gasteiger partial charge in [0, 0.05) is 5.69 Å². The number of nitrogens with zero attached hydrogens (tertiary/aromatic N) is 1. The van der Waals surface area contributed by atoms with Gasteiger partial charge < -0.3 is 9.64 Å². The standard InChI is InChI=1S/C19H27NO2/c1-13(2)17-18(14-7-5-4-6-8-14)20(19(17)21)15-9-11-16(22-3)12-10-15/h9-14,17-18H,4-8H2,1-3H3/t17-,18-/m1/s1. The number of anilines is 1. The Balaban J connectivity index is 1.85. The molecule has 3 nitrogen and oxygen atoms in total. The Labute approximate surface area is 133 Å². The van der Waals surface area contributed by atoms with E-state index in [1.165, 1.54) is 32.1 Å². The molecule has 0 spiro atoms. The third-order valence-electron chi connectivity index (χ3n) is 5.39. The zero-order chi connectivity index (χ0) is 15.7. The van der Waals surface area contributed by atoms with E-state index in [1.54, 1.807) is 7.11 Å². The molecule has 3 heteroatoms. The molecule has 1 amide bonds. The molecule has 1 aromatic carbocycles. The quantitative estimate of drug-likeness (QED) is 0.778. The van der Waals surface area contributed by atoms with Gasteiger partial charge in [-0.05, 0) is 48.9 Å². The summed E-state index contributed by atoms with van der Waals surface area (Å²) in [5.41, 5.74) is 1.03. The highest BCUT2D eigenvalue weighted by atomic mass is 16.5. The summed E-state index contributed by atoms with van der Waals surface area (Å²) in [7, 11) is 1.67. The van der Waals surface area contributed by atoms with Gasteiger partial charge in [-0.15, -0.1) is 0 Å². The lowest BCUT2D eigenvalue weighted by molar-refractivity contribution is -0.134. The van der Waals surface area contributed by atoms with E-state index in [2.05, 4.69) is 18.7 Å². The van der Waals surface area contributed by atoms with Crippen LogP contribution in [0.3, 0.4) is 0 Å². The van der Waals surface area contributed by atoms with Crippen LogP contribution in [0.1, 0.15) is 46.0 Å². The predicted octanol–water partition coefficient (Wildman–Crippen LogP) is 4.26. The summed E-state index contributed by atoms with van der Waals surface area (Å²) < 4.78 is 5.23. The number of β-lactam (4-membered cyclic amide) rings is 1. The maximum atomic E-state index is 12.7. The van der Waals surface area contributed by atoms with Crippen molar-refractivity contribution in [2.75, 3.05) is 12.0 Å². The van der Waals surface area contributed by atoms with E-state index >= 15 is 0 Å². The van der Waals surface area contributed by atoms with Gasteiger partial charge in [-0.1, -0.05) is 33.1 Å². The van der Waals surface area contributed by atoms with E-state index in [9.17, 15) is 4.79 Å². The lowest BCUT2D eigenvalue weighted by atomic mass is 9.68. The van der Waals surface area contributed by atoms with Crippen LogP contribution in [-0.2, 0) is 4.79 Å². The molecular weight excluding hydrogens is 274 g/mol. The van der Waals surface area contributed by atoms with E-state index in [-0.39, 0.29) is 5.92 Å². The number of carbonyl (C=O) groups excluding carboxylic acids is 1. The molecule has 1 saturated heterocycles. The van der Waals surface area contributed by atoms with Crippen LogP contribution in [0.4, 0.5) is 5.69 Å². The second kappa shape index (κ2) is 6.31. The molecule has 1 aromatic rings. The molecule has 3 rings (SSSR count). The van der Waals surface area contributed by atoms with Gasteiger partial charge in [0.1, 0.15) is 5.75 Å². The minimum Gasteiger partial charge on any atom is -0.497 e. The van der Waals surface area contributed by atoms with Crippen LogP contribution in [0, 0.1) is 17.8 Å². The predicted molar refractivity (Wildman–Crippen MR) is 89.2 cm³/mol. The third-order valence-corrected chi connectivity index (χ3v) is 5.39. The summed E-state index contributed by atoms with van der Waals surface area (Å²) in [6.07, 6.45) is 6.53. The fourth-order valence-corrected chi connectivity index (χ4v) is 4.23. The average Bonchev–Trinajstić information content (AvgIpc) is 2.53. The highest BCUT2D eigenvalue weighted by molar-refractivity contribution is 6.03. The van der Waals surface area contributed by atoms with Crippen LogP contribution >= 0.6 is 0 Å². The number of hydrogen-bond acceptors (Lipinski definition) is 2. The summed E-state index contributed by atoms with van der Waals surface area (Å²) in [5.74, 6) is 2.43. The van der Waals surface area contributed by atoms with Crippen molar-refractivity contribution in [1.29, 1.82) is 0 Å². The smallest absolute Gasteiger partial charge is 0.232 e. The Hall–Kier alpha value is -1.51. The van der Waals surface area contributed by atoms with Gasteiger partial charge in [0.25, 0.3) is 0 Å². The Bertz CT molecular complexity index is 517. The largest absolute Gasteiger partial charge is 0.497 e. The topological polar surface area (TPSA) is 29.5 Å². The van der Waals surface area contributed by atoms with Crippen LogP contribution < -0.4 is 9.64 Å². The van der Waals surface area contributed by atoms with Gasteiger partial charge >= 0.3 is 0 Å². The van der Waals surface area contributed by atoms with E-state index < -0.39 is 0 Å². The Morgan fingerprint density at radius 1 is 1.09 bits per heavy atom. The molecule has 120 valence electrons. The van der Waals surface area contributed by atoms with Crippen LogP contribution in [-0.4, -0.2) is 19.1 Å². The Kier molecular flexibility index (Phi) is 4.42. The second-order valence-corrected chi connectivity index (χ2v) is 7.06. The summed E-state index contributed by atoms with van der Waals surface area (Å²) in [4.78, 5) is 14.8. The Morgan fingerprint density at radius 2 is 1.73 bits per heavy atom. The number of benzene rings is 1. The van der Waals surface area contributed by atoms with E-state index in [0.717, 1.165) is 11.4 Å². The molecule has 0 bridgehead atoms. The monoisotopic (exact) mass is 301 g/mol. The minimum absolute atomic E-state index is 0.199. The summed E-state index contributed by atoms with van der Waals surface area (Å²) in [6.45, 7) is 4.37. The first-order chi connectivity index (χ1) is 10.6. The van der Waals surface area contributed by atoms with Crippen molar-refractivity contribution in [3.8, 4) is 5.75 Å². The molecule has 0 unspecified atom stereocenters. The molecule has 0 aromatic heterocycles. The average molecular weight is 301 g/mol. The van der Waals surface area contributed by atoms with Crippen LogP contribution in [0.2, 0.25) is 0 Å². The normalized spacial score (nSPS) is 26.2. The SMILES string of the molecule is COc1ccc(N2C(=O)[C@H](C(C)C)[C@H]2C2CCCCC2)cc1. The van der Waals surface area contributed by atoms with E-state index in [4.69, 9.17) is 4.74 Å². The summed E-state index contributed by atoms with van der Waals surface area (Å²) in [5, 5.41) is 0. The summed E-state index contributed by atoms with van der Waals surface area (Å²) >= 11 is 0.